The van der Waals surface area contributed by atoms with Gasteiger partial charge in [0.15, 0.2) is 11.6 Å². The summed E-state index contributed by atoms with van der Waals surface area (Å²) in [4.78, 5) is 12.3. The maximum absolute atomic E-state index is 12.3. The number of amides is 1. The van der Waals surface area contributed by atoms with Gasteiger partial charge in [-0.15, -0.1) is 0 Å². The summed E-state index contributed by atoms with van der Waals surface area (Å²) in [5.74, 6) is 0.556. The molecule has 0 spiro atoms. The molecule has 1 aliphatic rings. The molecule has 1 aromatic heterocycles. The minimum atomic E-state index is -0.530. The van der Waals surface area contributed by atoms with Gasteiger partial charge in [0, 0.05) is 6.42 Å². The number of carbonyl (C=O) groups excluding carboxylic acids is 1. The molecule has 2 aromatic carbocycles. The Morgan fingerprint density at radius 1 is 1.14 bits per heavy atom. The van der Waals surface area contributed by atoms with Gasteiger partial charge in [-0.1, -0.05) is 24.3 Å². The van der Waals surface area contributed by atoms with Crippen LogP contribution in [-0.2, 0) is 11.2 Å². The molecule has 6 heteroatoms. The van der Waals surface area contributed by atoms with Crippen LogP contribution in [0, 0.1) is 0 Å². The molecule has 3 aromatic rings. The zero-order chi connectivity index (χ0) is 14.2. The van der Waals surface area contributed by atoms with E-state index >= 15 is 0 Å². The monoisotopic (exact) mass is 281 g/mol. The Bertz CT molecular complexity index is 803. The molecule has 0 radical (unpaired) electrons. The first kappa shape index (κ1) is 11.9. The van der Waals surface area contributed by atoms with E-state index in [0.29, 0.717) is 23.1 Å². The predicted octanol–water partition coefficient (Wildman–Crippen LogP) is 2.17. The smallest absolute Gasteiger partial charge is 0.265 e. The molecule has 0 saturated carbocycles. The normalized spacial score (nSPS) is 16.5. The van der Waals surface area contributed by atoms with Crippen molar-refractivity contribution in [1.82, 2.24) is 10.3 Å². The summed E-state index contributed by atoms with van der Waals surface area (Å²) in [6.45, 7) is 0. The van der Waals surface area contributed by atoms with Crippen LogP contribution in [0.3, 0.4) is 0 Å². The van der Waals surface area contributed by atoms with Crippen LogP contribution in [0.2, 0.25) is 0 Å². The minimum Gasteiger partial charge on any atom is -0.480 e. The number of benzene rings is 2. The number of fused-ring (bicyclic) bond motifs is 2. The van der Waals surface area contributed by atoms with Gasteiger partial charge in [-0.25, -0.2) is 4.63 Å². The van der Waals surface area contributed by atoms with Gasteiger partial charge in [0.1, 0.15) is 11.3 Å². The zero-order valence-corrected chi connectivity index (χ0v) is 10.9. The molecule has 0 bridgehead atoms. The minimum absolute atomic E-state index is 0.207. The molecule has 0 fully saturated rings. The number of para-hydroxylation sites is 1. The molecule has 21 heavy (non-hydrogen) atoms. The Balaban J connectivity index is 1.56. The zero-order valence-electron chi connectivity index (χ0n) is 10.9. The van der Waals surface area contributed by atoms with E-state index in [1.54, 1.807) is 18.2 Å². The molecule has 104 valence electrons. The highest BCUT2D eigenvalue weighted by Crippen LogP contribution is 2.29. The van der Waals surface area contributed by atoms with Gasteiger partial charge in [0.05, 0.1) is 5.69 Å². The Morgan fingerprint density at radius 3 is 2.95 bits per heavy atom. The Hall–Kier alpha value is -2.89. The molecular formula is C15H11N3O3. The van der Waals surface area contributed by atoms with E-state index in [1.165, 1.54) is 0 Å². The highest BCUT2D eigenvalue weighted by atomic mass is 16.6. The second-order valence-corrected chi connectivity index (χ2v) is 4.85. The largest absolute Gasteiger partial charge is 0.480 e. The van der Waals surface area contributed by atoms with Crippen LogP contribution in [-0.4, -0.2) is 22.3 Å². The third kappa shape index (κ3) is 2.01. The SMILES string of the molecule is O=C(Nc1cccc2nonc12)C1Cc2ccccc2O1. The van der Waals surface area contributed by atoms with Gasteiger partial charge >= 0.3 is 0 Å². The lowest BCUT2D eigenvalue weighted by molar-refractivity contribution is -0.122. The van der Waals surface area contributed by atoms with E-state index in [0.717, 1.165) is 11.3 Å². The number of nitrogens with zero attached hydrogens (tertiary/aromatic N) is 2. The summed E-state index contributed by atoms with van der Waals surface area (Å²) in [5, 5.41) is 10.4. The first-order valence-corrected chi connectivity index (χ1v) is 6.58. The van der Waals surface area contributed by atoms with Crippen molar-refractivity contribution in [2.24, 2.45) is 0 Å². The molecule has 4 rings (SSSR count). The van der Waals surface area contributed by atoms with Gasteiger partial charge in [-0.2, -0.15) is 0 Å². The van der Waals surface area contributed by atoms with Crippen LogP contribution < -0.4 is 10.1 Å². The van der Waals surface area contributed by atoms with Crippen LogP contribution in [0.4, 0.5) is 5.69 Å². The van der Waals surface area contributed by atoms with Gasteiger partial charge < -0.3 is 10.1 Å². The lowest BCUT2D eigenvalue weighted by Crippen LogP contribution is -2.31. The molecular weight excluding hydrogens is 270 g/mol. The van der Waals surface area contributed by atoms with Crippen molar-refractivity contribution in [3.63, 3.8) is 0 Å². The molecule has 0 aliphatic carbocycles. The molecule has 2 heterocycles. The second kappa shape index (κ2) is 4.59. The van der Waals surface area contributed by atoms with Crippen LogP contribution in [0.25, 0.3) is 11.0 Å². The fourth-order valence-electron chi connectivity index (χ4n) is 2.45. The number of ether oxygens (including phenoxy) is 1. The number of hydrogen-bond acceptors (Lipinski definition) is 5. The summed E-state index contributed by atoms with van der Waals surface area (Å²) in [5.41, 5.74) is 2.74. The first-order chi connectivity index (χ1) is 10.3. The summed E-state index contributed by atoms with van der Waals surface area (Å²) in [7, 11) is 0. The van der Waals surface area contributed by atoms with E-state index < -0.39 is 6.10 Å². The molecule has 1 N–H and O–H groups in total. The van der Waals surface area contributed by atoms with Crippen LogP contribution in [0.1, 0.15) is 5.56 Å². The topological polar surface area (TPSA) is 77.3 Å². The van der Waals surface area contributed by atoms with Crippen LogP contribution in [0.15, 0.2) is 47.1 Å². The van der Waals surface area contributed by atoms with E-state index in [9.17, 15) is 4.79 Å². The Kier molecular flexibility index (Phi) is 2.60. The molecule has 1 aliphatic heterocycles. The molecule has 0 saturated heterocycles. The summed E-state index contributed by atoms with van der Waals surface area (Å²) < 4.78 is 10.3. The van der Waals surface area contributed by atoms with E-state index in [1.807, 2.05) is 24.3 Å². The fourth-order valence-corrected chi connectivity index (χ4v) is 2.45. The number of aromatic nitrogens is 2. The molecule has 1 atom stereocenters. The standard InChI is InChI=1S/C15H11N3O3/c19-15(13-8-9-4-1-2-7-12(9)20-13)16-10-5-3-6-11-14(10)18-21-17-11/h1-7,13H,8H2,(H,16,19). The van der Waals surface area contributed by atoms with Gasteiger partial charge in [-0.3, -0.25) is 4.79 Å². The van der Waals surface area contributed by atoms with Gasteiger partial charge in [-0.05, 0) is 34.1 Å². The maximum atomic E-state index is 12.3. The highest BCUT2D eigenvalue weighted by molar-refractivity contribution is 6.01. The third-order valence-corrected chi connectivity index (χ3v) is 3.48. The first-order valence-electron chi connectivity index (χ1n) is 6.58. The number of anilines is 1. The van der Waals surface area contributed by atoms with Crippen molar-refractivity contribution < 1.29 is 14.2 Å². The van der Waals surface area contributed by atoms with Crippen molar-refractivity contribution in [3.05, 3.63) is 48.0 Å². The number of nitrogens with one attached hydrogen (secondary N) is 1. The summed E-state index contributed by atoms with van der Waals surface area (Å²) >= 11 is 0. The van der Waals surface area contributed by atoms with Crippen molar-refractivity contribution in [1.29, 1.82) is 0 Å². The fraction of sp³-hybridized carbons (Fsp3) is 0.133. The van der Waals surface area contributed by atoms with Gasteiger partial charge in [0.25, 0.3) is 5.91 Å². The van der Waals surface area contributed by atoms with Crippen molar-refractivity contribution >= 4 is 22.6 Å². The number of rotatable bonds is 2. The molecule has 6 nitrogen and oxygen atoms in total. The lowest BCUT2D eigenvalue weighted by Gasteiger charge is -2.11. The van der Waals surface area contributed by atoms with E-state index in [4.69, 9.17) is 4.74 Å². The van der Waals surface area contributed by atoms with Crippen molar-refractivity contribution in [2.75, 3.05) is 5.32 Å². The quantitative estimate of drug-likeness (QED) is 0.779. The average Bonchev–Trinajstić information content (AvgIpc) is 3.14. The van der Waals surface area contributed by atoms with Crippen molar-refractivity contribution in [2.45, 2.75) is 12.5 Å². The summed E-state index contributed by atoms with van der Waals surface area (Å²) in [6, 6.07) is 13.0. The lowest BCUT2D eigenvalue weighted by atomic mass is 10.1. The van der Waals surface area contributed by atoms with Gasteiger partial charge in [0.2, 0.25) is 0 Å². The van der Waals surface area contributed by atoms with Crippen LogP contribution in [0.5, 0.6) is 5.75 Å². The molecule has 1 unspecified atom stereocenters. The Morgan fingerprint density at radius 2 is 2.05 bits per heavy atom. The predicted molar refractivity (Wildman–Crippen MR) is 75.0 cm³/mol. The van der Waals surface area contributed by atoms with Crippen LogP contribution >= 0.6 is 0 Å². The average molecular weight is 281 g/mol. The van der Waals surface area contributed by atoms with E-state index in [-0.39, 0.29) is 5.91 Å². The second-order valence-electron chi connectivity index (χ2n) is 4.85. The third-order valence-electron chi connectivity index (χ3n) is 3.48. The Labute approximate surface area is 119 Å². The summed E-state index contributed by atoms with van der Waals surface area (Å²) in [6.07, 6.45) is 0.0345. The number of carbonyl (C=O) groups is 1. The highest BCUT2D eigenvalue weighted by Gasteiger charge is 2.29. The van der Waals surface area contributed by atoms with Crippen molar-refractivity contribution in [3.8, 4) is 5.75 Å². The molecule has 1 amide bonds. The maximum Gasteiger partial charge on any atom is 0.265 e. The van der Waals surface area contributed by atoms with E-state index in [2.05, 4.69) is 20.3 Å². The number of hydrogen-bond donors (Lipinski definition) is 1.